The fraction of sp³-hybridized carbons (Fsp3) is 0.714. The van der Waals surface area contributed by atoms with Crippen molar-refractivity contribution >= 4 is 11.3 Å². The summed E-state index contributed by atoms with van der Waals surface area (Å²) in [6, 6.07) is 4.29. The molecule has 16 heavy (non-hydrogen) atoms. The standard InChI is InChI=1S/C14H22OS/c1-2-12-9-10-13(16-12)14(15)11-7-5-3-4-6-8-11/h9-11,14-15H,2-8H2,1H3. The van der Waals surface area contributed by atoms with Gasteiger partial charge in [0.05, 0.1) is 6.10 Å². The Hall–Kier alpha value is -0.340. The third-order valence-corrected chi connectivity index (χ3v) is 4.97. The third-order valence-electron chi connectivity index (χ3n) is 3.67. The van der Waals surface area contributed by atoms with E-state index >= 15 is 0 Å². The predicted octanol–water partition coefficient (Wildman–Crippen LogP) is 4.31. The van der Waals surface area contributed by atoms with E-state index in [2.05, 4.69) is 19.1 Å². The number of rotatable bonds is 3. The molecule has 0 saturated heterocycles. The van der Waals surface area contributed by atoms with Crippen molar-refractivity contribution in [1.82, 2.24) is 0 Å². The van der Waals surface area contributed by atoms with Crippen LogP contribution in [0, 0.1) is 5.92 Å². The fourth-order valence-electron chi connectivity index (χ4n) is 2.60. The second-order valence-corrected chi connectivity index (χ2v) is 6.05. The second-order valence-electron chi connectivity index (χ2n) is 4.85. The van der Waals surface area contributed by atoms with Gasteiger partial charge >= 0.3 is 0 Å². The van der Waals surface area contributed by atoms with Gasteiger partial charge in [-0.1, -0.05) is 32.6 Å². The molecule has 1 aromatic heterocycles. The van der Waals surface area contributed by atoms with Gasteiger partial charge in [0, 0.05) is 9.75 Å². The Morgan fingerprint density at radius 3 is 2.50 bits per heavy atom. The lowest BCUT2D eigenvalue weighted by Gasteiger charge is -2.19. The van der Waals surface area contributed by atoms with Crippen LogP contribution in [-0.2, 0) is 6.42 Å². The molecule has 1 N–H and O–H groups in total. The Morgan fingerprint density at radius 1 is 1.25 bits per heavy atom. The molecule has 1 saturated carbocycles. The van der Waals surface area contributed by atoms with Crippen LogP contribution in [0.2, 0.25) is 0 Å². The van der Waals surface area contributed by atoms with E-state index in [0.717, 1.165) is 6.42 Å². The molecule has 2 rings (SSSR count). The van der Waals surface area contributed by atoms with E-state index in [4.69, 9.17) is 0 Å². The largest absolute Gasteiger partial charge is 0.387 e. The topological polar surface area (TPSA) is 20.2 Å². The minimum atomic E-state index is -0.205. The lowest BCUT2D eigenvalue weighted by molar-refractivity contribution is 0.102. The molecule has 1 fully saturated rings. The second kappa shape index (κ2) is 5.83. The van der Waals surface area contributed by atoms with Gasteiger partial charge in [0.25, 0.3) is 0 Å². The van der Waals surface area contributed by atoms with E-state index in [0.29, 0.717) is 5.92 Å². The zero-order valence-electron chi connectivity index (χ0n) is 10.1. The summed E-state index contributed by atoms with van der Waals surface area (Å²) in [4.78, 5) is 2.58. The highest BCUT2D eigenvalue weighted by molar-refractivity contribution is 7.12. The molecule has 1 unspecified atom stereocenters. The molecule has 0 amide bonds. The Kier molecular flexibility index (Phi) is 4.42. The normalized spacial score (nSPS) is 20.6. The van der Waals surface area contributed by atoms with Gasteiger partial charge in [-0.2, -0.15) is 0 Å². The summed E-state index contributed by atoms with van der Waals surface area (Å²) in [5.41, 5.74) is 0. The summed E-state index contributed by atoms with van der Waals surface area (Å²) in [6.07, 6.45) is 8.61. The van der Waals surface area contributed by atoms with Crippen LogP contribution in [0.1, 0.15) is 61.3 Å². The molecule has 1 atom stereocenters. The molecule has 1 heterocycles. The minimum absolute atomic E-state index is 0.205. The average Bonchev–Trinajstić information content (AvgIpc) is 2.62. The van der Waals surface area contributed by atoms with Gasteiger partial charge < -0.3 is 5.11 Å². The summed E-state index contributed by atoms with van der Waals surface area (Å²) in [6.45, 7) is 2.17. The molecular weight excluding hydrogens is 216 g/mol. The molecule has 1 aliphatic rings. The molecule has 1 aromatic rings. The summed E-state index contributed by atoms with van der Waals surface area (Å²) >= 11 is 1.79. The van der Waals surface area contributed by atoms with Crippen LogP contribution in [0.25, 0.3) is 0 Å². The van der Waals surface area contributed by atoms with Gasteiger partial charge in [-0.3, -0.25) is 0 Å². The van der Waals surface area contributed by atoms with Gasteiger partial charge in [0.1, 0.15) is 0 Å². The smallest absolute Gasteiger partial charge is 0.0910 e. The van der Waals surface area contributed by atoms with Gasteiger partial charge in [-0.15, -0.1) is 11.3 Å². The first kappa shape index (κ1) is 12.1. The van der Waals surface area contributed by atoms with E-state index in [-0.39, 0.29) is 6.10 Å². The Labute approximate surface area is 103 Å². The maximum atomic E-state index is 10.4. The monoisotopic (exact) mass is 238 g/mol. The summed E-state index contributed by atoms with van der Waals surface area (Å²) in [5.74, 6) is 0.505. The Balaban J connectivity index is 2.01. The first-order valence-electron chi connectivity index (χ1n) is 6.58. The van der Waals surface area contributed by atoms with Gasteiger partial charge in [0.2, 0.25) is 0 Å². The van der Waals surface area contributed by atoms with E-state index in [1.54, 1.807) is 11.3 Å². The first-order chi connectivity index (χ1) is 7.81. The first-order valence-corrected chi connectivity index (χ1v) is 7.39. The van der Waals surface area contributed by atoms with Crippen molar-refractivity contribution in [3.05, 3.63) is 21.9 Å². The predicted molar refractivity (Wildman–Crippen MR) is 69.8 cm³/mol. The molecule has 90 valence electrons. The van der Waals surface area contributed by atoms with Crippen LogP contribution in [0.4, 0.5) is 0 Å². The van der Waals surface area contributed by atoms with Crippen LogP contribution in [0.3, 0.4) is 0 Å². The molecule has 1 nitrogen and oxygen atoms in total. The number of hydrogen-bond acceptors (Lipinski definition) is 2. The van der Waals surface area contributed by atoms with Crippen LogP contribution < -0.4 is 0 Å². The van der Waals surface area contributed by atoms with E-state index in [9.17, 15) is 5.11 Å². The molecule has 0 aliphatic heterocycles. The van der Waals surface area contributed by atoms with Gasteiger partial charge in [-0.25, -0.2) is 0 Å². The quantitative estimate of drug-likeness (QED) is 0.778. The zero-order valence-corrected chi connectivity index (χ0v) is 10.9. The van der Waals surface area contributed by atoms with Crippen LogP contribution in [-0.4, -0.2) is 5.11 Å². The van der Waals surface area contributed by atoms with Gasteiger partial charge in [-0.05, 0) is 37.3 Å². The summed E-state index contributed by atoms with van der Waals surface area (Å²) in [7, 11) is 0. The SMILES string of the molecule is CCc1ccc(C(O)C2CCCCCC2)s1. The number of aryl methyl sites for hydroxylation is 1. The molecule has 1 aliphatic carbocycles. The van der Waals surface area contributed by atoms with Crippen molar-refractivity contribution in [1.29, 1.82) is 0 Å². The third kappa shape index (κ3) is 2.86. The molecule has 0 bridgehead atoms. The van der Waals surface area contributed by atoms with Crippen molar-refractivity contribution in [3.8, 4) is 0 Å². The highest BCUT2D eigenvalue weighted by atomic mass is 32.1. The van der Waals surface area contributed by atoms with E-state index in [1.165, 1.54) is 48.3 Å². The summed E-state index contributed by atoms with van der Waals surface area (Å²) < 4.78 is 0. The average molecular weight is 238 g/mol. The van der Waals surface area contributed by atoms with Gasteiger partial charge in [0.15, 0.2) is 0 Å². The number of hydrogen-bond donors (Lipinski definition) is 1. The van der Waals surface area contributed by atoms with E-state index in [1.807, 2.05) is 0 Å². The van der Waals surface area contributed by atoms with Crippen molar-refractivity contribution in [3.63, 3.8) is 0 Å². The number of aliphatic hydroxyl groups excluding tert-OH is 1. The lowest BCUT2D eigenvalue weighted by Crippen LogP contribution is -2.10. The van der Waals surface area contributed by atoms with Crippen LogP contribution >= 0.6 is 11.3 Å². The highest BCUT2D eigenvalue weighted by Crippen LogP contribution is 2.36. The maximum Gasteiger partial charge on any atom is 0.0910 e. The highest BCUT2D eigenvalue weighted by Gasteiger charge is 2.23. The summed E-state index contributed by atoms with van der Waals surface area (Å²) in [5, 5.41) is 10.4. The Morgan fingerprint density at radius 2 is 1.94 bits per heavy atom. The van der Waals surface area contributed by atoms with E-state index < -0.39 is 0 Å². The zero-order chi connectivity index (χ0) is 11.4. The molecule has 2 heteroatoms. The van der Waals surface area contributed by atoms with Crippen LogP contribution in [0.5, 0.6) is 0 Å². The van der Waals surface area contributed by atoms with Crippen LogP contribution in [0.15, 0.2) is 12.1 Å². The Bertz CT molecular complexity index is 310. The molecular formula is C14H22OS. The molecule has 0 spiro atoms. The lowest BCUT2D eigenvalue weighted by atomic mass is 9.93. The number of thiophene rings is 1. The van der Waals surface area contributed by atoms with Crippen molar-refractivity contribution in [2.24, 2.45) is 5.92 Å². The molecule has 0 radical (unpaired) electrons. The number of aliphatic hydroxyl groups is 1. The minimum Gasteiger partial charge on any atom is -0.387 e. The van der Waals surface area contributed by atoms with Crippen molar-refractivity contribution in [2.75, 3.05) is 0 Å². The maximum absolute atomic E-state index is 10.4. The van der Waals surface area contributed by atoms with Crippen molar-refractivity contribution < 1.29 is 5.11 Å². The van der Waals surface area contributed by atoms with Crippen molar-refractivity contribution in [2.45, 2.75) is 58.0 Å². The fourth-order valence-corrected chi connectivity index (χ4v) is 3.63. The molecule has 0 aromatic carbocycles.